The molecule has 0 aliphatic rings. The van der Waals surface area contributed by atoms with Gasteiger partial charge < -0.3 is 28.1 Å². The van der Waals surface area contributed by atoms with Gasteiger partial charge in [0.1, 0.15) is 20.2 Å². The maximum Gasteiger partial charge on any atom is 2.00 e. The number of ether oxygens (including phenoxy) is 4. The van der Waals surface area contributed by atoms with Gasteiger partial charge in [0.15, 0.2) is 0 Å². The summed E-state index contributed by atoms with van der Waals surface area (Å²) in [5, 5.41) is 0. The van der Waals surface area contributed by atoms with Crippen LogP contribution in [0.4, 0.5) is 0 Å². The van der Waals surface area contributed by atoms with E-state index in [0.29, 0.717) is 25.7 Å². The SMILES string of the molecule is CCCCCCC/C=C/CCCCCOC(=O)c1cccc(S(=O)(=O)[O-])c1C(=O)OCCCCC/C=C/CCCCCCC.CCCCCCC/C=C/CCCCCOC(=O)c1cccc(S(=O)(=O)[O-])c1C(=O)OCCCCC/C=C/CCCCCCC.[Ca+2]. The smallest absolute Gasteiger partial charge is 0.744 e. The standard InChI is InChI=1S/2C36H58O7S.Ca/c2*1-3-5-7-9-11-13-15-17-19-21-23-25-30-42-35(37)32-28-27-29-33(44(39,40)41)34(32)36(38)43-31-26-24-22-20-18-16-14-12-10-8-6-4-2;/h2*15-18,27-29H,3-14,19-26,30-31H2,1-2H3,(H,39,40,41);/q;;+2/p-2/b2*17-15+,18-16+;. The van der Waals surface area contributed by atoms with Crippen LogP contribution in [0.15, 0.2) is 94.8 Å². The van der Waals surface area contributed by atoms with Crippen LogP contribution in [-0.2, 0) is 39.2 Å². The molecule has 0 saturated heterocycles. The van der Waals surface area contributed by atoms with Crippen LogP contribution in [0.2, 0.25) is 0 Å². The number of rotatable bonds is 54. The van der Waals surface area contributed by atoms with Crippen molar-refractivity contribution in [1.82, 2.24) is 0 Å². The van der Waals surface area contributed by atoms with E-state index in [1.807, 2.05) is 0 Å². The van der Waals surface area contributed by atoms with Crippen LogP contribution in [0.3, 0.4) is 0 Å². The summed E-state index contributed by atoms with van der Waals surface area (Å²) in [7, 11) is -10.0. The van der Waals surface area contributed by atoms with E-state index in [2.05, 4.69) is 76.3 Å². The number of esters is 4. The Morgan fingerprint density at radius 2 is 0.517 bits per heavy atom. The number of carbonyl (C=O) groups excluding carboxylic acids is 4. The first-order chi connectivity index (χ1) is 42.6. The summed E-state index contributed by atoms with van der Waals surface area (Å²) in [6.07, 6.45) is 61.1. The molecule has 0 amide bonds. The third kappa shape index (κ3) is 45.3. The molecule has 2 aromatic rings. The van der Waals surface area contributed by atoms with Crippen LogP contribution in [0, 0.1) is 0 Å². The van der Waals surface area contributed by atoms with Crippen LogP contribution >= 0.6 is 0 Å². The number of hydrogen-bond acceptors (Lipinski definition) is 14. The Morgan fingerprint density at radius 3 is 0.730 bits per heavy atom. The van der Waals surface area contributed by atoms with Crippen molar-refractivity contribution >= 4 is 81.9 Å². The molecular weight excluding hydrogens is 1190 g/mol. The topological polar surface area (TPSA) is 220 Å². The first-order valence-electron chi connectivity index (χ1n) is 34.1. The van der Waals surface area contributed by atoms with Crippen molar-refractivity contribution in [3.8, 4) is 0 Å². The maximum absolute atomic E-state index is 12.9. The summed E-state index contributed by atoms with van der Waals surface area (Å²) in [5.74, 6) is -3.70. The largest absolute Gasteiger partial charge is 2.00 e. The third-order valence-corrected chi connectivity index (χ3v) is 16.8. The van der Waals surface area contributed by atoms with E-state index in [1.165, 1.54) is 153 Å². The second-order valence-electron chi connectivity index (χ2n) is 22.9. The molecule has 0 spiro atoms. The molecule has 500 valence electrons. The predicted molar refractivity (Wildman–Crippen MR) is 360 cm³/mol. The Labute approximate surface area is 569 Å². The summed E-state index contributed by atoms with van der Waals surface area (Å²) in [5.41, 5.74) is -1.63. The van der Waals surface area contributed by atoms with E-state index < -0.39 is 65.0 Å². The van der Waals surface area contributed by atoms with Gasteiger partial charge in [0, 0.05) is 0 Å². The van der Waals surface area contributed by atoms with E-state index in [0.717, 1.165) is 115 Å². The Balaban J connectivity index is 0.00000172. The molecule has 0 heterocycles. The molecule has 0 aromatic heterocycles. The third-order valence-electron chi connectivity index (χ3n) is 15.0. The normalized spacial score (nSPS) is 11.8. The molecule has 14 nitrogen and oxygen atoms in total. The molecule has 89 heavy (non-hydrogen) atoms. The molecule has 2 rings (SSSR count). The Kier molecular flexibility index (Phi) is 55.8. The summed E-state index contributed by atoms with van der Waals surface area (Å²) in [6.45, 7) is 9.26. The molecule has 17 heteroatoms. The van der Waals surface area contributed by atoms with Crippen LogP contribution in [0.1, 0.15) is 326 Å². The van der Waals surface area contributed by atoms with Gasteiger partial charge in [-0.15, -0.1) is 0 Å². The maximum atomic E-state index is 12.9. The molecule has 2 aromatic carbocycles. The zero-order chi connectivity index (χ0) is 64.6. The molecule has 0 unspecified atom stereocenters. The average Bonchev–Trinajstić information content (AvgIpc) is 3.38. The average molecular weight is 1310 g/mol. The van der Waals surface area contributed by atoms with Crippen molar-refractivity contribution in [2.75, 3.05) is 26.4 Å². The fourth-order valence-corrected chi connectivity index (χ4v) is 11.1. The van der Waals surface area contributed by atoms with Gasteiger partial charge in [0.25, 0.3) is 0 Å². The minimum absolute atomic E-state index is 0. The van der Waals surface area contributed by atoms with Gasteiger partial charge in [-0.25, -0.2) is 36.0 Å². The minimum atomic E-state index is -5.01. The van der Waals surface area contributed by atoms with Gasteiger partial charge in [0.2, 0.25) is 0 Å². The zero-order valence-electron chi connectivity index (χ0n) is 55.4. The van der Waals surface area contributed by atoms with E-state index in [-0.39, 0.29) is 75.3 Å². The second-order valence-corrected chi connectivity index (χ2v) is 25.6. The molecule has 0 aliphatic carbocycles. The van der Waals surface area contributed by atoms with Crippen molar-refractivity contribution in [2.45, 2.75) is 294 Å². The summed E-state index contributed by atoms with van der Waals surface area (Å²) in [6, 6.07) is 7.13. The minimum Gasteiger partial charge on any atom is -0.744 e. The van der Waals surface area contributed by atoms with Gasteiger partial charge in [-0.2, -0.15) is 0 Å². The summed E-state index contributed by atoms with van der Waals surface area (Å²) in [4.78, 5) is 49.8. The van der Waals surface area contributed by atoms with Gasteiger partial charge >= 0.3 is 61.6 Å². The first-order valence-corrected chi connectivity index (χ1v) is 36.9. The molecule has 0 bridgehead atoms. The van der Waals surface area contributed by atoms with Crippen LogP contribution < -0.4 is 0 Å². The van der Waals surface area contributed by atoms with Crippen LogP contribution in [0.25, 0.3) is 0 Å². The monoisotopic (exact) mass is 1310 g/mol. The van der Waals surface area contributed by atoms with Gasteiger partial charge in [-0.3, -0.25) is 0 Å². The van der Waals surface area contributed by atoms with E-state index in [4.69, 9.17) is 18.9 Å². The van der Waals surface area contributed by atoms with E-state index in [9.17, 15) is 45.1 Å². The van der Waals surface area contributed by atoms with Crippen LogP contribution in [0.5, 0.6) is 0 Å². The number of benzene rings is 2. The Hall–Kier alpha value is -3.64. The van der Waals surface area contributed by atoms with Crippen LogP contribution in [-0.4, -0.2) is 114 Å². The number of unbranched alkanes of at least 4 members (excludes halogenated alkanes) is 32. The fraction of sp³-hybridized carbons (Fsp3) is 0.667. The van der Waals surface area contributed by atoms with Gasteiger partial charge in [-0.05, 0) is 178 Å². The molecule has 0 saturated carbocycles. The number of allylic oxidation sites excluding steroid dienone is 8. The zero-order valence-corrected chi connectivity index (χ0v) is 59.3. The molecule has 0 N–H and O–H groups in total. The summed E-state index contributed by atoms with van der Waals surface area (Å²) < 4.78 is 92.5. The predicted octanol–water partition coefficient (Wildman–Crippen LogP) is 19.3. The second kappa shape index (κ2) is 58.2. The van der Waals surface area contributed by atoms with Crippen molar-refractivity contribution in [2.24, 2.45) is 0 Å². The van der Waals surface area contributed by atoms with Crippen molar-refractivity contribution < 1.29 is 64.1 Å². The van der Waals surface area contributed by atoms with Crippen molar-refractivity contribution in [3.05, 3.63) is 107 Å². The molecule has 0 fully saturated rings. The molecular formula is C72H114CaO14S2. The fourth-order valence-electron chi connectivity index (χ4n) is 9.77. The first kappa shape index (κ1) is 85.4. The Bertz CT molecular complexity index is 2330. The van der Waals surface area contributed by atoms with E-state index in [1.54, 1.807) is 0 Å². The molecule has 0 aliphatic heterocycles. The molecule has 0 atom stereocenters. The van der Waals surface area contributed by atoms with E-state index >= 15 is 0 Å². The molecule has 0 radical (unpaired) electrons. The van der Waals surface area contributed by atoms with Gasteiger partial charge in [0.05, 0.1) is 58.5 Å². The summed E-state index contributed by atoms with van der Waals surface area (Å²) >= 11 is 0. The quantitative estimate of drug-likeness (QED) is 0.0150. The van der Waals surface area contributed by atoms with Crippen molar-refractivity contribution in [1.29, 1.82) is 0 Å². The van der Waals surface area contributed by atoms with Crippen molar-refractivity contribution in [3.63, 3.8) is 0 Å². The number of hydrogen-bond donors (Lipinski definition) is 0. The van der Waals surface area contributed by atoms with Gasteiger partial charge in [-0.1, -0.05) is 191 Å². The Morgan fingerprint density at radius 1 is 0.315 bits per heavy atom. The number of carbonyl (C=O) groups is 4.